The lowest BCUT2D eigenvalue weighted by Crippen LogP contribution is -2.47. The van der Waals surface area contributed by atoms with Gasteiger partial charge in [0.2, 0.25) is 20.3 Å². The molecule has 0 aliphatic rings. The summed E-state index contributed by atoms with van der Waals surface area (Å²) in [5.74, 6) is -1.17. The SMILES string of the molecule is CCOC(=S)SC(CNS(=O)(=O)Cc1ccc(Br)cc1)CC(NC(C)=O)C(F)(F)F. The second-order valence-corrected chi connectivity index (χ2v) is 10.8. The Morgan fingerprint density at radius 2 is 1.90 bits per heavy atom. The summed E-state index contributed by atoms with van der Waals surface area (Å²) in [6.07, 6.45) is -5.28. The Kier molecular flexibility index (Phi) is 11.1. The van der Waals surface area contributed by atoms with Crippen LogP contribution in [0.1, 0.15) is 25.8 Å². The monoisotopic (exact) mass is 550 g/mol. The van der Waals surface area contributed by atoms with E-state index in [-0.39, 0.29) is 23.3 Å². The van der Waals surface area contributed by atoms with E-state index >= 15 is 0 Å². The fraction of sp³-hybridized carbons (Fsp3) is 0.529. The van der Waals surface area contributed by atoms with Gasteiger partial charge in [-0.2, -0.15) is 13.2 Å². The Labute approximate surface area is 191 Å². The summed E-state index contributed by atoms with van der Waals surface area (Å²) < 4.78 is 72.8. The predicted octanol–water partition coefficient (Wildman–Crippen LogP) is 3.75. The first-order valence-electron chi connectivity index (χ1n) is 8.71. The summed E-state index contributed by atoms with van der Waals surface area (Å²) >= 11 is 9.05. The highest BCUT2D eigenvalue weighted by molar-refractivity contribution is 9.10. The van der Waals surface area contributed by atoms with E-state index in [4.69, 9.17) is 17.0 Å². The van der Waals surface area contributed by atoms with E-state index in [1.165, 1.54) is 0 Å². The second kappa shape index (κ2) is 12.2. The van der Waals surface area contributed by atoms with Gasteiger partial charge >= 0.3 is 6.18 Å². The number of ether oxygens (including phenoxy) is 1. The lowest BCUT2D eigenvalue weighted by atomic mass is 10.1. The van der Waals surface area contributed by atoms with Crippen LogP contribution in [0, 0.1) is 0 Å². The van der Waals surface area contributed by atoms with E-state index in [1.807, 2.05) is 5.32 Å². The Morgan fingerprint density at radius 1 is 1.30 bits per heavy atom. The van der Waals surface area contributed by atoms with E-state index < -0.39 is 39.8 Å². The van der Waals surface area contributed by atoms with Crippen LogP contribution in [0.4, 0.5) is 13.2 Å². The van der Waals surface area contributed by atoms with Crippen LogP contribution in [0.25, 0.3) is 0 Å². The Balaban J connectivity index is 2.89. The Hall–Kier alpha value is -0.890. The highest BCUT2D eigenvalue weighted by Crippen LogP contribution is 2.28. The number of benzene rings is 1. The highest BCUT2D eigenvalue weighted by atomic mass is 79.9. The van der Waals surface area contributed by atoms with Crippen LogP contribution in [0.3, 0.4) is 0 Å². The normalized spacial score (nSPS) is 14.1. The molecule has 0 radical (unpaired) electrons. The van der Waals surface area contributed by atoms with Crippen LogP contribution in [0.5, 0.6) is 0 Å². The van der Waals surface area contributed by atoms with Gasteiger partial charge in [-0.15, -0.1) is 0 Å². The third kappa shape index (κ3) is 10.9. The van der Waals surface area contributed by atoms with Gasteiger partial charge in [0, 0.05) is 23.2 Å². The van der Waals surface area contributed by atoms with E-state index in [1.54, 1.807) is 31.2 Å². The number of amides is 1. The highest BCUT2D eigenvalue weighted by Gasteiger charge is 2.42. The molecule has 13 heteroatoms. The number of carbonyl (C=O) groups excluding carboxylic acids is 1. The first-order valence-corrected chi connectivity index (χ1v) is 12.4. The largest absolute Gasteiger partial charge is 0.479 e. The fourth-order valence-corrected chi connectivity index (χ4v) is 5.31. The summed E-state index contributed by atoms with van der Waals surface area (Å²) in [4.78, 5) is 11.2. The van der Waals surface area contributed by atoms with Gasteiger partial charge < -0.3 is 10.1 Å². The van der Waals surface area contributed by atoms with Gasteiger partial charge in [-0.05, 0) is 43.3 Å². The number of halogens is 4. The van der Waals surface area contributed by atoms with E-state index in [2.05, 4.69) is 20.7 Å². The van der Waals surface area contributed by atoms with Gasteiger partial charge in [0.25, 0.3) is 0 Å². The molecule has 0 saturated heterocycles. The van der Waals surface area contributed by atoms with Crippen LogP contribution < -0.4 is 10.0 Å². The lowest BCUT2D eigenvalue weighted by Gasteiger charge is -2.26. The zero-order chi connectivity index (χ0) is 22.9. The number of alkyl halides is 3. The molecule has 170 valence electrons. The van der Waals surface area contributed by atoms with Crippen LogP contribution >= 0.6 is 39.9 Å². The number of hydrogen-bond donors (Lipinski definition) is 2. The van der Waals surface area contributed by atoms with Gasteiger partial charge in [0.1, 0.15) is 6.04 Å². The maximum absolute atomic E-state index is 13.3. The summed E-state index contributed by atoms with van der Waals surface area (Å²) in [5.41, 5.74) is 0.520. The van der Waals surface area contributed by atoms with Gasteiger partial charge in [-0.3, -0.25) is 4.79 Å². The lowest BCUT2D eigenvalue weighted by molar-refractivity contribution is -0.162. The van der Waals surface area contributed by atoms with Crippen molar-refractivity contribution < 1.29 is 31.1 Å². The first-order chi connectivity index (χ1) is 13.8. The van der Waals surface area contributed by atoms with Crippen LogP contribution in [0.15, 0.2) is 28.7 Å². The Bertz CT molecular complexity index is 821. The molecule has 0 heterocycles. The van der Waals surface area contributed by atoms with Gasteiger partial charge in [-0.25, -0.2) is 13.1 Å². The molecule has 0 aromatic heterocycles. The van der Waals surface area contributed by atoms with Gasteiger partial charge in [0.05, 0.1) is 12.4 Å². The first kappa shape index (κ1) is 27.1. The quantitative estimate of drug-likeness (QED) is 0.431. The topological polar surface area (TPSA) is 84.5 Å². The average molecular weight is 551 g/mol. The summed E-state index contributed by atoms with van der Waals surface area (Å²) in [6, 6.07) is 4.47. The van der Waals surface area contributed by atoms with Crippen molar-refractivity contribution >= 4 is 60.2 Å². The molecule has 0 fully saturated rings. The van der Waals surface area contributed by atoms with Crippen molar-refractivity contribution in [3.05, 3.63) is 34.3 Å². The molecule has 2 unspecified atom stereocenters. The smallest absolute Gasteiger partial charge is 0.408 e. The number of hydrogen-bond acceptors (Lipinski definition) is 6. The van der Waals surface area contributed by atoms with Crippen LogP contribution in [-0.2, 0) is 25.3 Å². The molecule has 0 bridgehead atoms. The molecule has 1 amide bonds. The van der Waals surface area contributed by atoms with Crippen LogP contribution in [0.2, 0.25) is 0 Å². The maximum atomic E-state index is 13.3. The number of carbonyl (C=O) groups is 1. The summed E-state index contributed by atoms with van der Waals surface area (Å²) in [5, 5.41) is 0.940. The minimum Gasteiger partial charge on any atom is -0.479 e. The molecular formula is C17H22BrF3N2O4S3. The zero-order valence-electron chi connectivity index (χ0n) is 16.2. The number of rotatable bonds is 10. The van der Waals surface area contributed by atoms with Crippen molar-refractivity contribution in [1.29, 1.82) is 0 Å². The van der Waals surface area contributed by atoms with Crippen molar-refractivity contribution in [3.63, 3.8) is 0 Å². The third-order valence-electron chi connectivity index (χ3n) is 3.60. The number of nitrogens with one attached hydrogen (secondary N) is 2. The van der Waals surface area contributed by atoms with Crippen molar-refractivity contribution in [3.8, 4) is 0 Å². The molecule has 1 rings (SSSR count). The van der Waals surface area contributed by atoms with Crippen molar-refractivity contribution in [2.45, 2.75) is 43.5 Å². The van der Waals surface area contributed by atoms with Crippen molar-refractivity contribution in [2.75, 3.05) is 13.2 Å². The molecule has 2 atom stereocenters. The molecule has 30 heavy (non-hydrogen) atoms. The number of thioether (sulfide) groups is 1. The molecule has 0 spiro atoms. The minimum absolute atomic E-state index is 0.00152. The molecule has 1 aromatic rings. The van der Waals surface area contributed by atoms with Crippen LogP contribution in [-0.4, -0.2) is 49.3 Å². The minimum atomic E-state index is -4.70. The predicted molar refractivity (Wildman–Crippen MR) is 119 cm³/mol. The fourth-order valence-electron chi connectivity index (χ4n) is 2.31. The molecule has 1 aromatic carbocycles. The molecule has 0 aliphatic heterocycles. The van der Waals surface area contributed by atoms with E-state index in [0.29, 0.717) is 5.56 Å². The molecule has 2 N–H and O–H groups in total. The molecule has 6 nitrogen and oxygen atoms in total. The van der Waals surface area contributed by atoms with Crippen molar-refractivity contribution in [1.82, 2.24) is 10.0 Å². The maximum Gasteiger partial charge on any atom is 0.408 e. The van der Waals surface area contributed by atoms with Gasteiger partial charge in [-0.1, -0.05) is 39.8 Å². The zero-order valence-corrected chi connectivity index (χ0v) is 20.2. The summed E-state index contributed by atoms with van der Waals surface area (Å²) in [7, 11) is -3.82. The number of sulfonamides is 1. The average Bonchev–Trinajstić information content (AvgIpc) is 2.60. The van der Waals surface area contributed by atoms with Crippen molar-refractivity contribution in [2.24, 2.45) is 0 Å². The standard InChI is InChI=1S/C17H22BrF3N2O4S3/c1-3-27-16(28)29-14(8-15(17(19,20)21)23-11(2)24)9-22-30(25,26)10-12-4-6-13(18)7-5-12/h4-7,14-15,22H,3,8-10H2,1-2H3,(H,23,24). The second-order valence-electron chi connectivity index (χ2n) is 6.19. The molecule has 0 saturated carbocycles. The van der Waals surface area contributed by atoms with E-state index in [9.17, 15) is 26.4 Å². The molecule has 0 aliphatic carbocycles. The molecular weight excluding hydrogens is 529 g/mol. The van der Waals surface area contributed by atoms with E-state index in [0.717, 1.165) is 23.2 Å². The Morgan fingerprint density at radius 3 is 2.40 bits per heavy atom. The third-order valence-corrected chi connectivity index (χ3v) is 6.85. The van der Waals surface area contributed by atoms with Gasteiger partial charge in [0.15, 0.2) is 0 Å². The number of thiocarbonyl (C=S) groups is 1. The summed E-state index contributed by atoms with van der Waals surface area (Å²) in [6.45, 7) is 2.55.